The third kappa shape index (κ3) is 3.97. The number of aryl methyl sites for hydroxylation is 1. The van der Waals surface area contributed by atoms with Crippen LogP contribution in [-0.2, 0) is 4.75 Å². The number of rotatable bonds is 7. The molecule has 146 valence electrons. The average molecular weight is 402 g/mol. The van der Waals surface area contributed by atoms with Crippen LogP contribution < -0.4 is 5.73 Å². The standard InChI is InChI=1S/C24H23N3OS/c1-18-26-23(28-27-18)22(25)17-29-24(19-11-5-2-6-12-19,20-13-7-3-8-14-20)21-15-9-4-10-16-21/h2-16,22H,17,25H2,1H3. The largest absolute Gasteiger partial charge is 0.338 e. The fourth-order valence-corrected chi connectivity index (χ4v) is 5.00. The van der Waals surface area contributed by atoms with Crippen molar-refractivity contribution in [2.24, 2.45) is 5.73 Å². The molecule has 1 unspecified atom stereocenters. The first-order chi connectivity index (χ1) is 14.2. The van der Waals surface area contributed by atoms with Crippen LogP contribution in [0.15, 0.2) is 95.5 Å². The van der Waals surface area contributed by atoms with Crippen molar-refractivity contribution < 1.29 is 4.52 Å². The number of nitrogens with two attached hydrogens (primary N) is 1. The van der Waals surface area contributed by atoms with E-state index in [-0.39, 0.29) is 6.04 Å². The molecule has 0 bridgehead atoms. The van der Waals surface area contributed by atoms with Gasteiger partial charge in [-0.3, -0.25) is 0 Å². The van der Waals surface area contributed by atoms with Crippen LogP contribution >= 0.6 is 11.8 Å². The lowest BCUT2D eigenvalue weighted by molar-refractivity contribution is 0.360. The van der Waals surface area contributed by atoms with E-state index in [1.165, 1.54) is 16.7 Å². The van der Waals surface area contributed by atoms with Crippen LogP contribution in [0, 0.1) is 6.92 Å². The lowest BCUT2D eigenvalue weighted by atomic mass is 9.84. The van der Waals surface area contributed by atoms with Gasteiger partial charge in [-0.25, -0.2) is 0 Å². The Morgan fingerprint density at radius 2 is 1.28 bits per heavy atom. The molecule has 0 amide bonds. The second-order valence-corrected chi connectivity index (χ2v) is 8.11. The van der Waals surface area contributed by atoms with Crippen molar-refractivity contribution in [3.05, 3.63) is 119 Å². The second kappa shape index (κ2) is 8.64. The van der Waals surface area contributed by atoms with Crippen molar-refractivity contribution in [3.63, 3.8) is 0 Å². The SMILES string of the molecule is Cc1noc(C(N)CSC(c2ccccc2)(c2ccccc2)c2ccccc2)n1. The fraction of sp³-hybridized carbons (Fsp3) is 0.167. The van der Waals surface area contributed by atoms with Gasteiger partial charge in [-0.1, -0.05) is 96.2 Å². The van der Waals surface area contributed by atoms with E-state index >= 15 is 0 Å². The molecule has 29 heavy (non-hydrogen) atoms. The Balaban J connectivity index is 1.81. The van der Waals surface area contributed by atoms with Crippen LogP contribution in [-0.4, -0.2) is 15.9 Å². The maximum Gasteiger partial charge on any atom is 0.244 e. The molecule has 0 radical (unpaired) electrons. The normalized spacial score (nSPS) is 12.6. The first-order valence-electron chi connectivity index (χ1n) is 9.56. The van der Waals surface area contributed by atoms with Gasteiger partial charge in [0.25, 0.3) is 0 Å². The smallest absolute Gasteiger partial charge is 0.244 e. The first-order valence-corrected chi connectivity index (χ1v) is 10.5. The van der Waals surface area contributed by atoms with Gasteiger partial charge in [-0.15, -0.1) is 11.8 Å². The van der Waals surface area contributed by atoms with Crippen molar-refractivity contribution in [1.29, 1.82) is 0 Å². The zero-order valence-electron chi connectivity index (χ0n) is 16.2. The summed E-state index contributed by atoms with van der Waals surface area (Å²) in [5.41, 5.74) is 10.0. The van der Waals surface area contributed by atoms with Gasteiger partial charge in [-0.05, 0) is 23.6 Å². The van der Waals surface area contributed by atoms with E-state index in [0.29, 0.717) is 17.5 Å². The Hall–Kier alpha value is -2.89. The Morgan fingerprint density at radius 1 is 0.828 bits per heavy atom. The number of thioether (sulfide) groups is 1. The third-order valence-corrected chi connectivity index (χ3v) is 6.55. The summed E-state index contributed by atoms with van der Waals surface area (Å²) in [7, 11) is 0. The van der Waals surface area contributed by atoms with Gasteiger partial charge in [0.05, 0.1) is 10.8 Å². The summed E-state index contributed by atoms with van der Waals surface area (Å²) in [4.78, 5) is 4.31. The Bertz CT molecular complexity index is 939. The Morgan fingerprint density at radius 3 is 1.66 bits per heavy atom. The highest BCUT2D eigenvalue weighted by Gasteiger charge is 2.37. The van der Waals surface area contributed by atoms with Crippen LogP contribution in [0.1, 0.15) is 34.4 Å². The molecule has 0 aliphatic carbocycles. The van der Waals surface area contributed by atoms with Gasteiger partial charge in [0.2, 0.25) is 5.89 Å². The number of hydrogen-bond acceptors (Lipinski definition) is 5. The van der Waals surface area contributed by atoms with Crippen molar-refractivity contribution in [3.8, 4) is 0 Å². The molecule has 4 rings (SSSR count). The average Bonchev–Trinajstić information content (AvgIpc) is 3.23. The lowest BCUT2D eigenvalue weighted by Gasteiger charge is -2.36. The summed E-state index contributed by atoms with van der Waals surface area (Å²) in [6.07, 6.45) is 0. The molecule has 0 saturated heterocycles. The van der Waals surface area contributed by atoms with E-state index in [1.807, 2.05) is 18.2 Å². The van der Waals surface area contributed by atoms with Crippen LogP contribution in [0.2, 0.25) is 0 Å². The fourth-order valence-electron chi connectivity index (χ4n) is 3.52. The van der Waals surface area contributed by atoms with Crippen LogP contribution in [0.4, 0.5) is 0 Å². The molecule has 1 heterocycles. The van der Waals surface area contributed by atoms with Crippen molar-refractivity contribution >= 4 is 11.8 Å². The molecule has 4 aromatic rings. The highest BCUT2D eigenvalue weighted by atomic mass is 32.2. The molecule has 0 spiro atoms. The lowest BCUT2D eigenvalue weighted by Crippen LogP contribution is -2.28. The van der Waals surface area contributed by atoms with E-state index in [0.717, 1.165) is 0 Å². The van der Waals surface area contributed by atoms with Crippen molar-refractivity contribution in [1.82, 2.24) is 10.1 Å². The molecule has 3 aromatic carbocycles. The Labute approximate surface area is 175 Å². The van der Waals surface area contributed by atoms with Crippen molar-refractivity contribution in [2.75, 3.05) is 5.75 Å². The molecule has 1 atom stereocenters. The second-order valence-electron chi connectivity index (χ2n) is 6.88. The summed E-state index contributed by atoms with van der Waals surface area (Å²) in [5.74, 6) is 1.69. The van der Waals surface area contributed by atoms with Gasteiger partial charge < -0.3 is 10.3 Å². The maximum atomic E-state index is 6.43. The molecule has 0 saturated carbocycles. The number of nitrogens with zero attached hydrogens (tertiary/aromatic N) is 2. The minimum atomic E-state index is -0.406. The minimum absolute atomic E-state index is 0.350. The molecular formula is C24H23N3OS. The van der Waals surface area contributed by atoms with Gasteiger partial charge in [-0.2, -0.15) is 4.98 Å². The molecule has 2 N–H and O–H groups in total. The number of hydrogen-bond donors (Lipinski definition) is 1. The van der Waals surface area contributed by atoms with Gasteiger partial charge in [0, 0.05) is 5.75 Å². The molecular weight excluding hydrogens is 378 g/mol. The molecule has 0 aliphatic heterocycles. The zero-order chi connectivity index (χ0) is 20.1. The predicted molar refractivity (Wildman–Crippen MR) is 118 cm³/mol. The topological polar surface area (TPSA) is 64.9 Å². The summed E-state index contributed by atoms with van der Waals surface area (Å²) >= 11 is 1.79. The number of aromatic nitrogens is 2. The van der Waals surface area contributed by atoms with Crippen LogP contribution in [0.25, 0.3) is 0 Å². The van der Waals surface area contributed by atoms with Gasteiger partial charge in [0.1, 0.15) is 0 Å². The maximum absolute atomic E-state index is 6.43. The van der Waals surface area contributed by atoms with E-state index < -0.39 is 4.75 Å². The Kier molecular flexibility index (Phi) is 5.79. The zero-order valence-corrected chi connectivity index (χ0v) is 17.0. The highest BCUT2D eigenvalue weighted by molar-refractivity contribution is 8.00. The summed E-state index contributed by atoms with van der Waals surface area (Å²) < 4.78 is 4.90. The van der Waals surface area contributed by atoms with E-state index in [2.05, 4.69) is 82.9 Å². The highest BCUT2D eigenvalue weighted by Crippen LogP contribution is 2.49. The molecule has 0 aliphatic rings. The van der Waals surface area contributed by atoms with Crippen molar-refractivity contribution in [2.45, 2.75) is 17.7 Å². The summed E-state index contributed by atoms with van der Waals surface area (Å²) in [6, 6.07) is 31.3. The summed E-state index contributed by atoms with van der Waals surface area (Å²) in [5, 5.41) is 3.88. The molecule has 5 heteroatoms. The quantitative estimate of drug-likeness (QED) is 0.436. The molecule has 1 aromatic heterocycles. The van der Waals surface area contributed by atoms with E-state index in [1.54, 1.807) is 18.7 Å². The molecule has 4 nitrogen and oxygen atoms in total. The monoisotopic (exact) mass is 401 g/mol. The number of benzene rings is 3. The van der Waals surface area contributed by atoms with E-state index in [9.17, 15) is 0 Å². The predicted octanol–water partition coefficient (Wildman–Crippen LogP) is 5.10. The van der Waals surface area contributed by atoms with Gasteiger partial charge in [0.15, 0.2) is 5.82 Å². The van der Waals surface area contributed by atoms with E-state index in [4.69, 9.17) is 10.3 Å². The van der Waals surface area contributed by atoms with Crippen LogP contribution in [0.5, 0.6) is 0 Å². The minimum Gasteiger partial charge on any atom is -0.338 e. The van der Waals surface area contributed by atoms with Crippen LogP contribution in [0.3, 0.4) is 0 Å². The molecule has 0 fully saturated rings. The van der Waals surface area contributed by atoms with Gasteiger partial charge >= 0.3 is 0 Å². The summed E-state index contributed by atoms with van der Waals surface area (Å²) in [6.45, 7) is 1.80. The third-order valence-electron chi connectivity index (χ3n) is 4.88. The first kappa shape index (κ1) is 19.4.